The van der Waals surface area contributed by atoms with Crippen molar-refractivity contribution >= 4 is 31.4 Å². The average molecular weight is 810 g/mol. The van der Waals surface area contributed by atoms with Gasteiger partial charge in [-0.05, 0) is 51.5 Å². The topological polar surface area (TPSA) is 227 Å². The van der Waals surface area contributed by atoms with Gasteiger partial charge in [-0.1, -0.05) is 72.6 Å². The first kappa shape index (κ1) is 51.1. The maximum Gasteiger partial charge on any atom is 0.138 e. The molecule has 0 aromatic heterocycles. The Morgan fingerprint density at radius 2 is 1.46 bits per heavy atom. The predicted molar refractivity (Wildman–Crippen MR) is 223 cm³/mol. The number of nitrogens with one attached hydrogen (secondary N) is 4. The first-order valence-corrected chi connectivity index (χ1v) is 21.7. The molecule has 1 aliphatic heterocycles. The molecular formula is C42H79N7O8. The van der Waals surface area contributed by atoms with Crippen molar-refractivity contribution in [3.05, 3.63) is 0 Å². The van der Waals surface area contributed by atoms with E-state index < -0.39 is 54.4 Å². The van der Waals surface area contributed by atoms with Gasteiger partial charge in [-0.15, -0.1) is 0 Å². The molecule has 2 fully saturated rings. The van der Waals surface area contributed by atoms with Crippen LogP contribution in [0.25, 0.3) is 0 Å². The van der Waals surface area contributed by atoms with Crippen LogP contribution in [-0.4, -0.2) is 154 Å². The Hall–Kier alpha value is -2.05. The van der Waals surface area contributed by atoms with Gasteiger partial charge >= 0.3 is 0 Å². The first-order valence-electron chi connectivity index (χ1n) is 21.7. The first-order chi connectivity index (χ1) is 27.4. The van der Waals surface area contributed by atoms with Crippen LogP contribution in [0.2, 0.25) is 0 Å². The fourth-order valence-corrected chi connectivity index (χ4v) is 8.68. The molecular weight excluding hydrogens is 731 g/mol. The molecule has 6 unspecified atom stereocenters. The number of rotatable bonds is 19. The molecule has 0 aromatic carbocycles. The zero-order valence-electron chi connectivity index (χ0n) is 35.8. The number of aliphatic hydroxyl groups is 1. The summed E-state index contributed by atoms with van der Waals surface area (Å²) in [6.07, 6.45) is 13.2. The predicted octanol–water partition coefficient (Wildman–Crippen LogP) is 0.904. The molecule has 57 heavy (non-hydrogen) atoms. The van der Waals surface area contributed by atoms with E-state index in [1.807, 2.05) is 25.8 Å². The van der Waals surface area contributed by atoms with Crippen LogP contribution < -0.4 is 32.7 Å². The third kappa shape index (κ3) is 16.9. The van der Waals surface area contributed by atoms with Crippen molar-refractivity contribution in [2.75, 3.05) is 40.0 Å². The van der Waals surface area contributed by atoms with Gasteiger partial charge in [0.25, 0.3) is 0 Å². The molecule has 0 aromatic rings. The van der Waals surface area contributed by atoms with Crippen molar-refractivity contribution in [3.63, 3.8) is 0 Å². The van der Waals surface area contributed by atoms with Crippen molar-refractivity contribution < 1.29 is 38.6 Å². The molecule has 330 valence electrons. The fraction of sp³-hybridized carbons (Fsp3) is 0.881. The SMILES string of the molecule is CCCCCC[C@H]1OC[C@@H](C)NC(C=O)[C@@H](COCC(O)CN)NC(C=O)[C@H](CN)NC(C=O)[C@H](C2CCCCC2)NC(C=O)[C@H](CC(C)C)N(C)C(C=O)[C@H]1C. The van der Waals surface area contributed by atoms with E-state index in [1.165, 1.54) is 0 Å². The summed E-state index contributed by atoms with van der Waals surface area (Å²) < 4.78 is 12.5. The van der Waals surface area contributed by atoms with Gasteiger partial charge in [0.2, 0.25) is 0 Å². The number of carbonyl (C=O) groups is 5. The van der Waals surface area contributed by atoms with Crippen molar-refractivity contribution in [2.24, 2.45) is 29.2 Å². The lowest BCUT2D eigenvalue weighted by atomic mass is 9.80. The lowest BCUT2D eigenvalue weighted by Gasteiger charge is -2.44. The van der Waals surface area contributed by atoms with Crippen molar-refractivity contribution in [1.82, 2.24) is 26.2 Å². The molecule has 0 bridgehead atoms. The molecule has 0 amide bonds. The second-order valence-corrected chi connectivity index (χ2v) is 17.1. The Kier molecular flexibility index (Phi) is 25.5. The summed E-state index contributed by atoms with van der Waals surface area (Å²) in [5, 5.41) is 23.7. The highest BCUT2D eigenvalue weighted by molar-refractivity contribution is 5.64. The molecule has 1 saturated carbocycles. The van der Waals surface area contributed by atoms with Crippen molar-refractivity contribution in [2.45, 2.75) is 178 Å². The molecule has 2 aliphatic rings. The second-order valence-electron chi connectivity index (χ2n) is 17.1. The minimum atomic E-state index is -0.959. The minimum Gasteiger partial charge on any atom is -0.389 e. The third-order valence-electron chi connectivity index (χ3n) is 12.1. The van der Waals surface area contributed by atoms with Crippen LogP contribution in [0, 0.1) is 17.8 Å². The third-order valence-corrected chi connectivity index (χ3v) is 12.1. The van der Waals surface area contributed by atoms with Crippen LogP contribution in [0.15, 0.2) is 0 Å². The molecule has 9 N–H and O–H groups in total. The standard InChI is InChI=1S/C42H79N7O8/c1-7-8-9-13-16-41-30(5)40(24-54)49(6)39(17-28(2)3)36(22-52)48-42(31-14-11-10-12-15-31)37(23-53)46-33(19-44)34(20-50)47-38(27-56-26-32(55)18-43)35(21-51)45-29(4)25-57-41/h20-24,28-42,45-48,55H,7-19,25-27,43-44H2,1-6H3/t29-,30-,32?,33+,34?,35?,36?,37?,38-,39+,40?,41-,42+/m1/s1. The molecule has 2 rings (SSSR count). The van der Waals surface area contributed by atoms with E-state index in [0.717, 1.165) is 89.4 Å². The highest BCUT2D eigenvalue weighted by Crippen LogP contribution is 2.30. The van der Waals surface area contributed by atoms with Gasteiger partial charge in [0.05, 0.1) is 68.3 Å². The molecule has 15 heteroatoms. The number of nitrogens with zero attached hydrogens (tertiary/aromatic N) is 1. The summed E-state index contributed by atoms with van der Waals surface area (Å²) in [4.78, 5) is 67.3. The Bertz CT molecular complexity index is 1130. The summed E-state index contributed by atoms with van der Waals surface area (Å²) in [5.74, 6) is -0.0124. The van der Waals surface area contributed by atoms with E-state index in [1.54, 1.807) is 0 Å². The highest BCUT2D eigenvalue weighted by atomic mass is 16.5. The van der Waals surface area contributed by atoms with E-state index in [2.05, 4.69) is 42.0 Å². The van der Waals surface area contributed by atoms with E-state index in [9.17, 15) is 29.1 Å². The fourth-order valence-electron chi connectivity index (χ4n) is 8.68. The van der Waals surface area contributed by atoms with Crippen molar-refractivity contribution in [1.29, 1.82) is 0 Å². The van der Waals surface area contributed by atoms with Crippen molar-refractivity contribution in [3.8, 4) is 0 Å². The van der Waals surface area contributed by atoms with E-state index >= 15 is 0 Å². The number of aliphatic hydroxyl groups excluding tert-OH is 1. The van der Waals surface area contributed by atoms with Gasteiger partial charge in [0.1, 0.15) is 31.4 Å². The van der Waals surface area contributed by atoms with Gasteiger partial charge in [-0.25, -0.2) is 0 Å². The Morgan fingerprint density at radius 3 is 2.02 bits per heavy atom. The maximum absolute atomic E-state index is 13.3. The highest BCUT2D eigenvalue weighted by Gasteiger charge is 2.41. The average Bonchev–Trinajstić information content (AvgIpc) is 3.21. The van der Waals surface area contributed by atoms with Gasteiger partial charge in [-0.2, -0.15) is 0 Å². The number of likely N-dealkylation sites (N-methyl/N-ethyl adjacent to an activating group) is 1. The number of carbonyl (C=O) groups excluding carboxylic acids is 5. The number of aldehydes is 5. The lowest BCUT2D eigenvalue weighted by molar-refractivity contribution is -0.121. The van der Waals surface area contributed by atoms with Gasteiger partial charge in [0.15, 0.2) is 0 Å². The summed E-state index contributed by atoms with van der Waals surface area (Å²) >= 11 is 0. The number of hydrogen-bond acceptors (Lipinski definition) is 15. The molecule has 15 nitrogen and oxygen atoms in total. The lowest BCUT2D eigenvalue weighted by Crippen LogP contribution is -2.67. The van der Waals surface area contributed by atoms with E-state index in [0.29, 0.717) is 12.7 Å². The number of unbranched alkanes of at least 4 members (excludes halogenated alkanes) is 3. The number of hydrogen-bond donors (Lipinski definition) is 7. The Morgan fingerprint density at radius 1 is 0.825 bits per heavy atom. The Labute approximate surface area is 342 Å². The molecule has 1 heterocycles. The zero-order valence-corrected chi connectivity index (χ0v) is 35.8. The van der Waals surface area contributed by atoms with Gasteiger partial charge in [0, 0.05) is 43.2 Å². The van der Waals surface area contributed by atoms with Crippen LogP contribution in [0.4, 0.5) is 0 Å². The largest absolute Gasteiger partial charge is 0.389 e. The number of nitrogens with two attached hydrogens (primary N) is 2. The smallest absolute Gasteiger partial charge is 0.138 e. The quantitative estimate of drug-likeness (QED) is 0.0711. The monoisotopic (exact) mass is 810 g/mol. The van der Waals surface area contributed by atoms with Crippen LogP contribution in [-0.2, 0) is 33.4 Å². The summed E-state index contributed by atoms with van der Waals surface area (Å²) in [6.45, 7) is 10.3. The summed E-state index contributed by atoms with van der Waals surface area (Å²) in [5.41, 5.74) is 11.9. The van der Waals surface area contributed by atoms with Gasteiger partial charge < -0.3 is 66.0 Å². The van der Waals surface area contributed by atoms with E-state index in [4.69, 9.17) is 20.9 Å². The second kappa shape index (κ2) is 28.4. The van der Waals surface area contributed by atoms with Crippen LogP contribution >= 0.6 is 0 Å². The Balaban J connectivity index is 2.74. The van der Waals surface area contributed by atoms with Crippen LogP contribution in [0.5, 0.6) is 0 Å². The van der Waals surface area contributed by atoms with E-state index in [-0.39, 0.29) is 68.9 Å². The summed E-state index contributed by atoms with van der Waals surface area (Å²) in [6, 6.07) is -6.71. The number of ether oxygens (including phenoxy) is 2. The molecule has 1 aliphatic carbocycles. The normalized spacial score (nSPS) is 34.4. The molecule has 0 radical (unpaired) electrons. The van der Waals surface area contributed by atoms with Gasteiger partial charge in [-0.3, -0.25) is 10.2 Å². The molecule has 1 saturated heterocycles. The van der Waals surface area contributed by atoms with Crippen LogP contribution in [0.3, 0.4) is 0 Å². The van der Waals surface area contributed by atoms with Crippen LogP contribution in [0.1, 0.15) is 105 Å². The summed E-state index contributed by atoms with van der Waals surface area (Å²) in [7, 11) is 1.90. The molecule has 0 spiro atoms. The zero-order chi connectivity index (χ0) is 42.3. The minimum absolute atomic E-state index is 0.0107. The maximum atomic E-state index is 13.3. The molecule has 13 atom stereocenters.